The third-order valence-electron chi connectivity index (χ3n) is 7.01. The van der Waals surface area contributed by atoms with E-state index in [1.165, 1.54) is 31.5 Å². The molecule has 2 N–H and O–H groups in total. The van der Waals surface area contributed by atoms with E-state index in [0.717, 1.165) is 18.4 Å². The summed E-state index contributed by atoms with van der Waals surface area (Å²) in [5, 5.41) is 13.4. The van der Waals surface area contributed by atoms with Crippen LogP contribution in [-0.2, 0) is 19.4 Å². The average Bonchev–Trinajstić information content (AvgIpc) is 3.35. The number of hydrogen-bond acceptors (Lipinski definition) is 7. The number of aryl methyl sites for hydroxylation is 1. The quantitative estimate of drug-likeness (QED) is 0.571. The number of amides is 1. The predicted molar refractivity (Wildman–Crippen MR) is 136 cm³/mol. The van der Waals surface area contributed by atoms with Crippen molar-refractivity contribution in [2.75, 3.05) is 24.8 Å². The van der Waals surface area contributed by atoms with E-state index in [4.69, 9.17) is 4.74 Å². The van der Waals surface area contributed by atoms with Gasteiger partial charge in [0.25, 0.3) is 0 Å². The van der Waals surface area contributed by atoms with E-state index >= 15 is 0 Å². The Labute approximate surface area is 212 Å². The number of hydrogen-bond donors (Lipinski definition) is 2. The first kappa shape index (κ1) is 26.3. The number of rotatable bonds is 6. The largest absolute Gasteiger partial charge is 0.381 e. The van der Waals surface area contributed by atoms with Crippen LogP contribution in [0.1, 0.15) is 67.7 Å². The van der Waals surface area contributed by atoms with E-state index in [1.807, 2.05) is 0 Å². The Hall–Kier alpha value is -2.80. The van der Waals surface area contributed by atoms with Crippen LogP contribution in [0, 0.1) is 24.7 Å². The van der Waals surface area contributed by atoms with Gasteiger partial charge in [-0.1, -0.05) is 43.7 Å². The molecule has 1 amide bonds. The highest BCUT2D eigenvalue weighted by molar-refractivity contribution is 7.90. The number of sulfone groups is 1. The highest BCUT2D eigenvalue weighted by Crippen LogP contribution is 2.35. The van der Waals surface area contributed by atoms with Crippen LogP contribution in [0.5, 0.6) is 0 Å². The Kier molecular flexibility index (Phi) is 8.08. The lowest BCUT2D eigenvalue weighted by Crippen LogP contribution is -2.34. The Bertz CT molecular complexity index is 1250. The Morgan fingerprint density at radius 3 is 2.56 bits per heavy atom. The van der Waals surface area contributed by atoms with Crippen LogP contribution in [0.25, 0.3) is 0 Å². The fourth-order valence-electron chi connectivity index (χ4n) is 4.96. The van der Waals surface area contributed by atoms with Gasteiger partial charge in [-0.25, -0.2) is 18.4 Å². The second-order valence-corrected chi connectivity index (χ2v) is 11.9. The van der Waals surface area contributed by atoms with Crippen LogP contribution in [0.4, 0.5) is 5.82 Å². The zero-order chi connectivity index (χ0) is 25.8. The molecule has 0 unspecified atom stereocenters. The lowest BCUT2D eigenvalue weighted by atomic mass is 9.86. The number of anilines is 1. The first-order valence-corrected chi connectivity index (χ1v) is 14.3. The van der Waals surface area contributed by atoms with Gasteiger partial charge in [0.05, 0.1) is 36.4 Å². The van der Waals surface area contributed by atoms with E-state index in [0.29, 0.717) is 55.5 Å². The molecule has 36 heavy (non-hydrogen) atoms. The lowest BCUT2D eigenvalue weighted by molar-refractivity contribution is -0.118. The molecule has 2 aliphatic rings. The van der Waals surface area contributed by atoms with Gasteiger partial charge in [-0.05, 0) is 42.4 Å². The monoisotopic (exact) mass is 511 g/mol. The third kappa shape index (κ3) is 6.69. The van der Waals surface area contributed by atoms with E-state index < -0.39 is 21.4 Å². The minimum atomic E-state index is -3.34. The number of nitrogens with zero attached hydrogens (tertiary/aromatic N) is 2. The summed E-state index contributed by atoms with van der Waals surface area (Å²) in [6.07, 6.45) is 10.2. The lowest BCUT2D eigenvalue weighted by Gasteiger charge is -2.26. The third-order valence-corrected chi connectivity index (χ3v) is 8.26. The summed E-state index contributed by atoms with van der Waals surface area (Å²) in [6.45, 7) is 2.70. The molecule has 1 aromatic heterocycles. The van der Waals surface area contributed by atoms with E-state index in [-0.39, 0.29) is 10.8 Å². The second kappa shape index (κ2) is 11.1. The minimum absolute atomic E-state index is 0.196. The highest BCUT2D eigenvalue weighted by atomic mass is 32.2. The maximum atomic E-state index is 13.4. The van der Waals surface area contributed by atoms with Gasteiger partial charge in [-0.2, -0.15) is 0 Å². The summed E-state index contributed by atoms with van der Waals surface area (Å²) in [5.41, 5.74) is 0.755. The number of ether oxygens (including phenoxy) is 1. The predicted octanol–water partition coefficient (Wildman–Crippen LogP) is 3.38. The molecule has 8 nitrogen and oxygen atoms in total. The maximum Gasteiger partial charge on any atom is 0.233 e. The molecule has 2 heterocycles. The van der Waals surface area contributed by atoms with E-state index in [1.54, 1.807) is 25.1 Å². The first-order chi connectivity index (χ1) is 17.1. The molecule has 0 bridgehead atoms. The maximum absolute atomic E-state index is 13.4. The Balaban J connectivity index is 1.50. The molecule has 1 aliphatic heterocycles. The first-order valence-electron chi connectivity index (χ1n) is 12.4. The highest BCUT2D eigenvalue weighted by Gasteiger charge is 2.29. The summed E-state index contributed by atoms with van der Waals surface area (Å²) in [6, 6.07) is 5.14. The molecule has 1 atom stereocenters. The summed E-state index contributed by atoms with van der Waals surface area (Å²) < 4.78 is 29.4. The van der Waals surface area contributed by atoms with Gasteiger partial charge in [0, 0.05) is 19.1 Å². The van der Waals surface area contributed by atoms with E-state index in [9.17, 15) is 18.3 Å². The summed E-state index contributed by atoms with van der Waals surface area (Å²) >= 11 is 0. The van der Waals surface area contributed by atoms with Gasteiger partial charge in [-0.15, -0.1) is 0 Å². The molecular formula is C27H33N3O5S. The summed E-state index contributed by atoms with van der Waals surface area (Å²) in [4.78, 5) is 22.2. The summed E-state index contributed by atoms with van der Waals surface area (Å²) in [7, 11) is -3.34. The average molecular weight is 512 g/mol. The van der Waals surface area contributed by atoms with Crippen LogP contribution < -0.4 is 5.32 Å². The van der Waals surface area contributed by atoms with Crippen molar-refractivity contribution in [1.29, 1.82) is 0 Å². The van der Waals surface area contributed by atoms with Crippen molar-refractivity contribution in [3.8, 4) is 11.8 Å². The summed E-state index contributed by atoms with van der Waals surface area (Å²) in [5.74, 6) is 5.88. The second-order valence-electron chi connectivity index (χ2n) is 9.91. The minimum Gasteiger partial charge on any atom is -0.381 e. The van der Waals surface area contributed by atoms with Gasteiger partial charge < -0.3 is 15.2 Å². The number of aliphatic hydroxyl groups is 1. The molecule has 0 spiro atoms. The smallest absolute Gasteiger partial charge is 0.233 e. The van der Waals surface area contributed by atoms with Gasteiger partial charge >= 0.3 is 0 Å². The Morgan fingerprint density at radius 1 is 1.22 bits per heavy atom. The normalized spacial score (nSPS) is 18.8. The molecule has 1 aliphatic carbocycles. The fraction of sp³-hybridized carbons (Fsp3) is 0.519. The topological polar surface area (TPSA) is 118 Å². The van der Waals surface area contributed by atoms with Crippen LogP contribution in [0.15, 0.2) is 35.5 Å². The Morgan fingerprint density at radius 2 is 1.94 bits per heavy atom. The molecule has 2 aromatic rings. The number of carbonyl (C=O) groups is 1. The van der Waals surface area contributed by atoms with Gasteiger partial charge in [0.2, 0.25) is 5.91 Å². The molecule has 1 saturated carbocycles. The van der Waals surface area contributed by atoms with Crippen molar-refractivity contribution in [2.24, 2.45) is 5.92 Å². The molecular weight excluding hydrogens is 478 g/mol. The zero-order valence-electron chi connectivity index (χ0n) is 20.8. The molecule has 4 rings (SSSR count). The van der Waals surface area contributed by atoms with Crippen molar-refractivity contribution in [3.05, 3.63) is 47.4 Å². The molecule has 1 aromatic carbocycles. The van der Waals surface area contributed by atoms with Crippen LogP contribution in [0.3, 0.4) is 0 Å². The van der Waals surface area contributed by atoms with Crippen LogP contribution in [0.2, 0.25) is 0 Å². The van der Waals surface area contributed by atoms with Crippen LogP contribution >= 0.6 is 0 Å². The standard InChI is InChI=1S/C27H33N3O5S/c1-19-15-21(7-8-24(19)36(2,33)34)23(16-20-5-3-4-6-20)26(31)30-25-18-28-22(17-29-25)9-10-27(32)11-13-35-14-12-27/h7-8,15,17-18,20,23,32H,3-6,11-14,16H2,1-2H3,(H,29,30,31)/t23-/m1/s1. The van der Waals surface area contributed by atoms with Crippen molar-refractivity contribution in [3.63, 3.8) is 0 Å². The molecule has 0 radical (unpaired) electrons. The van der Waals surface area contributed by atoms with E-state index in [2.05, 4.69) is 27.1 Å². The van der Waals surface area contributed by atoms with Gasteiger partial charge in [0.1, 0.15) is 11.3 Å². The fourth-order valence-corrected chi connectivity index (χ4v) is 5.92. The van der Waals surface area contributed by atoms with Crippen molar-refractivity contribution in [2.45, 2.75) is 68.3 Å². The molecule has 1 saturated heterocycles. The van der Waals surface area contributed by atoms with Gasteiger partial charge in [0.15, 0.2) is 15.7 Å². The number of carbonyl (C=O) groups excluding carboxylic acids is 1. The van der Waals surface area contributed by atoms with Crippen LogP contribution in [-0.4, -0.2) is 54.5 Å². The number of benzene rings is 1. The molecule has 9 heteroatoms. The van der Waals surface area contributed by atoms with Crippen molar-refractivity contribution >= 4 is 21.6 Å². The SMILES string of the molecule is Cc1cc([C@@H](CC2CCCC2)C(=O)Nc2cnc(C#CC3(O)CCOCC3)cn2)ccc1S(C)(=O)=O. The zero-order valence-corrected chi connectivity index (χ0v) is 21.6. The van der Waals surface area contributed by atoms with Crippen molar-refractivity contribution in [1.82, 2.24) is 9.97 Å². The molecule has 192 valence electrons. The number of nitrogens with one attached hydrogen (secondary N) is 1. The molecule has 2 fully saturated rings. The van der Waals surface area contributed by atoms with Crippen molar-refractivity contribution < 1.29 is 23.1 Å². The number of aromatic nitrogens is 2. The van der Waals surface area contributed by atoms with Gasteiger partial charge in [-0.3, -0.25) is 4.79 Å².